The zero-order valence-electron chi connectivity index (χ0n) is 13.4. The van der Waals surface area contributed by atoms with E-state index in [1.807, 2.05) is 51.1 Å². The van der Waals surface area contributed by atoms with Crippen molar-refractivity contribution in [1.82, 2.24) is 0 Å². The molecule has 0 N–H and O–H groups in total. The summed E-state index contributed by atoms with van der Waals surface area (Å²) in [6.07, 6.45) is 0. The summed E-state index contributed by atoms with van der Waals surface area (Å²) in [7, 11) is -3.18. The molecule has 1 atom stereocenters. The smallest absolute Gasteiger partial charge is 1.00 e. The fourth-order valence-corrected chi connectivity index (χ4v) is 4.87. The third-order valence-corrected chi connectivity index (χ3v) is 5.99. The summed E-state index contributed by atoms with van der Waals surface area (Å²) < 4.78 is 13.2. The summed E-state index contributed by atoms with van der Waals surface area (Å²) in [6, 6.07) is 13.6. The molecule has 100 valence electrons. The maximum atomic E-state index is 13.2. The fourth-order valence-electron chi connectivity index (χ4n) is 2.59. The number of carbonyl (C=O) groups excluding carboxylic acids is 1. The van der Waals surface area contributed by atoms with Gasteiger partial charge >= 0.3 is 51.4 Å². The van der Waals surface area contributed by atoms with Crippen molar-refractivity contribution in [2.75, 3.05) is 0 Å². The standard InChI is InChI=1S/C16H17O2P.K.H/c1-12-9-13(2)16(14(3)10-12)19(18,11-17)15-7-5-4-6-8-15;;/h4-11H,1-3H3;;/q;+1;-1. The molecule has 0 saturated heterocycles. The van der Waals surface area contributed by atoms with E-state index in [4.69, 9.17) is 0 Å². The molecule has 2 aromatic carbocycles. The van der Waals surface area contributed by atoms with Crippen molar-refractivity contribution < 1.29 is 62.2 Å². The van der Waals surface area contributed by atoms with Gasteiger partial charge in [0.1, 0.15) is 0 Å². The SMILES string of the molecule is Cc1cc(C)c(P(=O)(C=O)c2ccccc2)c(C)c1.[H-].[K+]. The molecule has 2 nitrogen and oxygen atoms in total. The molecule has 0 aliphatic heterocycles. The van der Waals surface area contributed by atoms with Crippen LogP contribution in [-0.4, -0.2) is 6.03 Å². The van der Waals surface area contributed by atoms with Crippen LogP contribution >= 0.6 is 7.14 Å². The molecular weight excluding hydrogens is 294 g/mol. The number of aryl methyl sites for hydroxylation is 3. The second-order valence-electron chi connectivity index (χ2n) is 4.85. The minimum atomic E-state index is -3.18. The normalized spacial score (nSPS) is 13.2. The monoisotopic (exact) mass is 312 g/mol. The van der Waals surface area contributed by atoms with Crippen LogP contribution in [0.1, 0.15) is 18.1 Å². The largest absolute Gasteiger partial charge is 1.00 e. The van der Waals surface area contributed by atoms with E-state index in [1.165, 1.54) is 0 Å². The molecule has 0 fully saturated rings. The van der Waals surface area contributed by atoms with Crippen LogP contribution in [0.2, 0.25) is 0 Å². The Morgan fingerprint density at radius 3 is 1.95 bits per heavy atom. The molecule has 0 aliphatic carbocycles. The Morgan fingerprint density at radius 2 is 1.50 bits per heavy atom. The summed E-state index contributed by atoms with van der Waals surface area (Å²) in [5, 5.41) is 1.28. The fraction of sp³-hybridized carbons (Fsp3) is 0.188. The quantitative estimate of drug-likeness (QED) is 0.462. The molecule has 0 bridgehead atoms. The van der Waals surface area contributed by atoms with Crippen LogP contribution in [0.25, 0.3) is 0 Å². The Morgan fingerprint density at radius 1 is 1.00 bits per heavy atom. The van der Waals surface area contributed by atoms with E-state index in [9.17, 15) is 9.36 Å². The van der Waals surface area contributed by atoms with E-state index in [0.29, 0.717) is 16.6 Å². The van der Waals surface area contributed by atoms with Gasteiger partial charge in [-0.2, -0.15) is 0 Å². The van der Waals surface area contributed by atoms with Crippen LogP contribution in [0.5, 0.6) is 0 Å². The van der Waals surface area contributed by atoms with Gasteiger partial charge in [-0.15, -0.1) is 0 Å². The zero-order valence-corrected chi connectivity index (χ0v) is 16.4. The van der Waals surface area contributed by atoms with Crippen molar-refractivity contribution >= 4 is 23.8 Å². The van der Waals surface area contributed by atoms with Crippen molar-refractivity contribution in [3.05, 3.63) is 59.2 Å². The Bertz CT molecular complexity index is 648. The molecule has 4 heteroatoms. The minimum Gasteiger partial charge on any atom is -1.00 e. The topological polar surface area (TPSA) is 34.1 Å². The zero-order chi connectivity index (χ0) is 14.0. The predicted molar refractivity (Wildman–Crippen MR) is 81.8 cm³/mol. The Hall–Kier alpha value is -0.0236. The van der Waals surface area contributed by atoms with Gasteiger partial charge in [0.2, 0.25) is 7.14 Å². The average Bonchev–Trinajstić information content (AvgIpc) is 2.38. The van der Waals surface area contributed by atoms with Crippen molar-refractivity contribution in [2.45, 2.75) is 20.8 Å². The van der Waals surface area contributed by atoms with Gasteiger partial charge in [-0.05, 0) is 31.9 Å². The number of carbonyl (C=O) groups is 1. The maximum Gasteiger partial charge on any atom is 1.00 e. The summed E-state index contributed by atoms with van der Waals surface area (Å²) >= 11 is 0. The molecular formula is C16H18KO2P. The summed E-state index contributed by atoms with van der Waals surface area (Å²) in [4.78, 5) is 11.6. The van der Waals surface area contributed by atoms with Crippen LogP contribution in [-0.2, 0) is 9.36 Å². The molecule has 0 aliphatic rings. The second kappa shape index (κ2) is 7.30. The second-order valence-corrected chi connectivity index (χ2v) is 7.34. The van der Waals surface area contributed by atoms with Gasteiger partial charge in [-0.3, -0.25) is 4.79 Å². The third-order valence-electron chi connectivity index (χ3n) is 3.26. The van der Waals surface area contributed by atoms with Gasteiger partial charge in [0.05, 0.1) is 0 Å². The van der Waals surface area contributed by atoms with Crippen molar-refractivity contribution in [3.8, 4) is 0 Å². The molecule has 0 heterocycles. The van der Waals surface area contributed by atoms with Crippen LogP contribution in [0.15, 0.2) is 42.5 Å². The van der Waals surface area contributed by atoms with Crippen molar-refractivity contribution in [3.63, 3.8) is 0 Å². The van der Waals surface area contributed by atoms with Gasteiger partial charge in [-0.1, -0.05) is 48.0 Å². The molecule has 2 aromatic rings. The van der Waals surface area contributed by atoms with E-state index in [2.05, 4.69) is 0 Å². The minimum absolute atomic E-state index is 0. The van der Waals surface area contributed by atoms with Crippen LogP contribution < -0.4 is 62.0 Å². The number of hydrogen-bond acceptors (Lipinski definition) is 2. The van der Waals surface area contributed by atoms with Gasteiger partial charge in [0.25, 0.3) is 0 Å². The first-order chi connectivity index (χ1) is 8.99. The van der Waals surface area contributed by atoms with E-state index >= 15 is 0 Å². The van der Waals surface area contributed by atoms with Gasteiger partial charge in [0, 0.05) is 10.6 Å². The van der Waals surface area contributed by atoms with Crippen LogP contribution in [0.4, 0.5) is 0 Å². The number of hydrogen-bond donors (Lipinski definition) is 0. The predicted octanol–water partition coefficient (Wildman–Crippen LogP) is 0.232. The molecule has 0 aromatic heterocycles. The van der Waals surface area contributed by atoms with Gasteiger partial charge in [0.15, 0.2) is 6.03 Å². The van der Waals surface area contributed by atoms with E-state index in [-0.39, 0.29) is 52.8 Å². The molecule has 0 saturated carbocycles. The summed E-state index contributed by atoms with van der Waals surface area (Å²) in [5.74, 6) is 0. The first-order valence-electron chi connectivity index (χ1n) is 6.19. The van der Waals surface area contributed by atoms with Gasteiger partial charge in [-0.25, -0.2) is 0 Å². The number of rotatable bonds is 3. The summed E-state index contributed by atoms with van der Waals surface area (Å²) in [5.41, 5.74) is 2.94. The van der Waals surface area contributed by atoms with Crippen LogP contribution in [0.3, 0.4) is 0 Å². The Balaban J connectivity index is 0.00000200. The molecule has 1 unspecified atom stereocenters. The van der Waals surface area contributed by atoms with E-state index in [0.717, 1.165) is 16.7 Å². The van der Waals surface area contributed by atoms with Crippen molar-refractivity contribution in [1.29, 1.82) is 0 Å². The van der Waals surface area contributed by atoms with Gasteiger partial charge < -0.3 is 5.99 Å². The maximum absolute atomic E-state index is 13.2. The molecule has 0 amide bonds. The molecule has 0 spiro atoms. The molecule has 2 rings (SSSR count). The summed E-state index contributed by atoms with van der Waals surface area (Å²) in [6.45, 7) is 5.82. The van der Waals surface area contributed by atoms with E-state index in [1.54, 1.807) is 12.1 Å². The molecule has 20 heavy (non-hydrogen) atoms. The van der Waals surface area contributed by atoms with Crippen molar-refractivity contribution in [2.24, 2.45) is 0 Å². The Labute approximate surface area is 164 Å². The third kappa shape index (κ3) is 3.41. The first-order valence-corrected chi connectivity index (χ1v) is 7.97. The first kappa shape index (κ1) is 18.0. The van der Waals surface area contributed by atoms with Crippen LogP contribution in [0, 0.1) is 20.8 Å². The number of benzene rings is 2. The Kier molecular flexibility index (Phi) is 6.58. The average molecular weight is 312 g/mol. The van der Waals surface area contributed by atoms with E-state index < -0.39 is 7.14 Å². The molecule has 0 radical (unpaired) electrons.